The van der Waals surface area contributed by atoms with Crippen LogP contribution in [0.5, 0.6) is 0 Å². The lowest BCUT2D eigenvalue weighted by atomic mass is 10.1. The number of hydrogen-bond donors (Lipinski definition) is 1. The molecule has 5 aromatic rings. The van der Waals surface area contributed by atoms with Crippen LogP contribution in [0.4, 0.5) is 5.69 Å². The van der Waals surface area contributed by atoms with Crippen molar-refractivity contribution >= 4 is 40.3 Å². The molecule has 3 heterocycles. The summed E-state index contributed by atoms with van der Waals surface area (Å²) in [6.07, 6.45) is 3.21. The SMILES string of the molecule is CCOC(=O)c1ccc(NC(=O)Cn2nc3c4cc(-c5ccc(Cl)cc5)nn4ccn3c2=O)cc1. The zero-order valence-corrected chi connectivity index (χ0v) is 19.3. The first-order valence-corrected chi connectivity index (χ1v) is 11.1. The number of carbonyl (C=O) groups excluding carboxylic acids is 2. The summed E-state index contributed by atoms with van der Waals surface area (Å²) in [5, 5.41) is 12.2. The second-order valence-corrected chi connectivity index (χ2v) is 8.08. The zero-order chi connectivity index (χ0) is 24.5. The molecule has 35 heavy (non-hydrogen) atoms. The van der Waals surface area contributed by atoms with E-state index < -0.39 is 17.6 Å². The van der Waals surface area contributed by atoms with Crippen LogP contribution in [0.15, 0.2) is 71.8 Å². The Balaban J connectivity index is 1.38. The minimum Gasteiger partial charge on any atom is -0.462 e. The summed E-state index contributed by atoms with van der Waals surface area (Å²) in [5.74, 6) is -0.877. The number of carbonyl (C=O) groups is 2. The van der Waals surface area contributed by atoms with Gasteiger partial charge in [0.2, 0.25) is 5.91 Å². The molecule has 0 radical (unpaired) electrons. The molecular weight excluding hydrogens is 472 g/mol. The smallest absolute Gasteiger partial charge is 0.350 e. The molecule has 0 saturated carbocycles. The van der Waals surface area contributed by atoms with E-state index in [9.17, 15) is 14.4 Å². The van der Waals surface area contributed by atoms with Crippen molar-refractivity contribution < 1.29 is 14.3 Å². The van der Waals surface area contributed by atoms with Crippen LogP contribution in [0, 0.1) is 0 Å². The predicted molar refractivity (Wildman–Crippen MR) is 130 cm³/mol. The highest BCUT2D eigenvalue weighted by Gasteiger charge is 2.16. The predicted octanol–water partition coefficient (Wildman–Crippen LogP) is 3.28. The van der Waals surface area contributed by atoms with Crippen molar-refractivity contribution in [3.05, 3.63) is 88.1 Å². The summed E-state index contributed by atoms with van der Waals surface area (Å²) in [7, 11) is 0. The second kappa shape index (κ2) is 9.07. The lowest BCUT2D eigenvalue weighted by Crippen LogP contribution is -2.28. The quantitative estimate of drug-likeness (QED) is 0.365. The molecule has 11 heteroatoms. The molecule has 10 nitrogen and oxygen atoms in total. The first-order valence-electron chi connectivity index (χ1n) is 10.7. The van der Waals surface area contributed by atoms with Crippen molar-refractivity contribution in [2.45, 2.75) is 13.5 Å². The van der Waals surface area contributed by atoms with Gasteiger partial charge in [0.1, 0.15) is 12.1 Å². The van der Waals surface area contributed by atoms with Crippen molar-refractivity contribution in [3.63, 3.8) is 0 Å². The monoisotopic (exact) mass is 490 g/mol. The summed E-state index contributed by atoms with van der Waals surface area (Å²) in [6, 6.07) is 15.4. The number of ether oxygens (including phenoxy) is 1. The molecule has 0 aliphatic heterocycles. The lowest BCUT2D eigenvalue weighted by molar-refractivity contribution is -0.117. The summed E-state index contributed by atoms with van der Waals surface area (Å²) >= 11 is 5.97. The van der Waals surface area contributed by atoms with Crippen LogP contribution >= 0.6 is 11.6 Å². The molecule has 0 bridgehead atoms. The maximum absolute atomic E-state index is 12.8. The van der Waals surface area contributed by atoms with Gasteiger partial charge in [0.15, 0.2) is 5.65 Å². The van der Waals surface area contributed by atoms with E-state index in [1.807, 2.05) is 18.2 Å². The molecule has 0 saturated heterocycles. The molecule has 0 spiro atoms. The summed E-state index contributed by atoms with van der Waals surface area (Å²) in [4.78, 5) is 37.2. The molecule has 0 fully saturated rings. The lowest BCUT2D eigenvalue weighted by Gasteiger charge is -2.06. The van der Waals surface area contributed by atoms with Crippen LogP contribution < -0.4 is 11.0 Å². The van der Waals surface area contributed by atoms with Crippen molar-refractivity contribution in [2.24, 2.45) is 0 Å². The number of amides is 1. The molecule has 0 atom stereocenters. The topological polar surface area (TPSA) is 112 Å². The Morgan fingerprint density at radius 3 is 2.49 bits per heavy atom. The van der Waals surface area contributed by atoms with Gasteiger partial charge in [-0.1, -0.05) is 23.7 Å². The maximum Gasteiger partial charge on any atom is 0.350 e. The number of esters is 1. The maximum atomic E-state index is 12.8. The number of rotatable bonds is 6. The Hall–Kier alpha value is -4.44. The highest BCUT2D eigenvalue weighted by Crippen LogP contribution is 2.23. The number of fused-ring (bicyclic) bond motifs is 3. The molecule has 5 rings (SSSR count). The largest absolute Gasteiger partial charge is 0.462 e. The van der Waals surface area contributed by atoms with Gasteiger partial charge in [-0.15, -0.1) is 5.10 Å². The van der Waals surface area contributed by atoms with Crippen LogP contribution in [0.1, 0.15) is 17.3 Å². The minimum absolute atomic E-state index is 0.277. The van der Waals surface area contributed by atoms with E-state index >= 15 is 0 Å². The molecule has 1 N–H and O–H groups in total. The van der Waals surface area contributed by atoms with Crippen molar-refractivity contribution in [3.8, 4) is 11.3 Å². The van der Waals surface area contributed by atoms with E-state index in [0.717, 1.165) is 10.2 Å². The Labute approximate surface area is 203 Å². The van der Waals surface area contributed by atoms with E-state index in [1.54, 1.807) is 60.2 Å². The highest BCUT2D eigenvalue weighted by molar-refractivity contribution is 6.30. The Morgan fingerprint density at radius 2 is 1.77 bits per heavy atom. The number of aromatic nitrogens is 5. The van der Waals surface area contributed by atoms with Crippen molar-refractivity contribution in [1.29, 1.82) is 0 Å². The average molecular weight is 491 g/mol. The zero-order valence-electron chi connectivity index (χ0n) is 18.5. The fourth-order valence-electron chi connectivity index (χ4n) is 3.64. The van der Waals surface area contributed by atoms with Crippen LogP contribution in [0.25, 0.3) is 22.4 Å². The van der Waals surface area contributed by atoms with Crippen molar-refractivity contribution in [2.75, 3.05) is 11.9 Å². The van der Waals surface area contributed by atoms with Crippen LogP contribution in [-0.4, -0.2) is 42.3 Å². The number of halogens is 1. The Bertz CT molecular complexity index is 1620. The summed E-state index contributed by atoms with van der Waals surface area (Å²) in [5.41, 5.74) is 2.95. The molecule has 0 aliphatic carbocycles. The Morgan fingerprint density at radius 1 is 1.03 bits per heavy atom. The van der Waals surface area contributed by atoms with Gasteiger partial charge in [0.25, 0.3) is 0 Å². The molecular formula is C24H19ClN6O4. The van der Waals surface area contributed by atoms with Crippen molar-refractivity contribution in [1.82, 2.24) is 23.8 Å². The van der Waals surface area contributed by atoms with Gasteiger partial charge in [0.05, 0.1) is 17.9 Å². The van der Waals surface area contributed by atoms with Gasteiger partial charge >= 0.3 is 11.7 Å². The molecule has 1 amide bonds. The van der Waals surface area contributed by atoms with E-state index in [2.05, 4.69) is 15.5 Å². The van der Waals surface area contributed by atoms with Gasteiger partial charge in [-0.2, -0.15) is 5.10 Å². The standard InChI is InChI=1S/C24H19ClN6O4/c1-2-35-23(33)16-5-9-18(10-6-16)26-21(32)14-31-24(34)29-11-12-30-20(22(29)28-31)13-19(27-30)15-3-7-17(25)8-4-15/h3-13H,2,14H2,1H3,(H,26,32). The fraction of sp³-hybridized carbons (Fsp3) is 0.125. The number of benzene rings is 2. The van der Waals surface area contributed by atoms with Gasteiger partial charge in [-0.25, -0.2) is 23.2 Å². The molecule has 0 aliphatic rings. The van der Waals surface area contributed by atoms with E-state index in [4.69, 9.17) is 16.3 Å². The average Bonchev–Trinajstić information content (AvgIpc) is 3.41. The third kappa shape index (κ3) is 4.38. The summed E-state index contributed by atoms with van der Waals surface area (Å²) < 4.78 is 9.03. The van der Waals surface area contributed by atoms with Gasteiger partial charge < -0.3 is 10.1 Å². The minimum atomic E-state index is -0.454. The first kappa shape index (κ1) is 22.4. The third-order valence-electron chi connectivity index (χ3n) is 5.31. The van der Waals surface area contributed by atoms with E-state index in [1.165, 1.54) is 4.40 Å². The number of hydrogen-bond acceptors (Lipinski definition) is 6. The fourth-order valence-corrected chi connectivity index (χ4v) is 3.77. The second-order valence-electron chi connectivity index (χ2n) is 7.64. The molecule has 176 valence electrons. The van der Waals surface area contributed by atoms with Crippen LogP contribution in [0.2, 0.25) is 5.02 Å². The van der Waals surface area contributed by atoms with Crippen LogP contribution in [-0.2, 0) is 16.1 Å². The molecule has 3 aromatic heterocycles. The van der Waals surface area contributed by atoms with Gasteiger partial charge in [-0.05, 0) is 49.4 Å². The highest BCUT2D eigenvalue weighted by atomic mass is 35.5. The molecule has 0 unspecified atom stereocenters. The first-order chi connectivity index (χ1) is 16.9. The van der Waals surface area contributed by atoms with Gasteiger partial charge in [-0.3, -0.25) is 4.79 Å². The molecule has 2 aromatic carbocycles. The van der Waals surface area contributed by atoms with E-state index in [0.29, 0.717) is 33.1 Å². The summed E-state index contributed by atoms with van der Waals surface area (Å²) in [6.45, 7) is 1.72. The number of anilines is 1. The third-order valence-corrected chi connectivity index (χ3v) is 5.56. The normalized spacial score (nSPS) is 11.1. The number of nitrogens with one attached hydrogen (secondary N) is 1. The van der Waals surface area contributed by atoms with Gasteiger partial charge in [0, 0.05) is 28.7 Å². The van der Waals surface area contributed by atoms with E-state index in [-0.39, 0.29) is 13.2 Å². The van der Waals surface area contributed by atoms with Crippen LogP contribution in [0.3, 0.4) is 0 Å². The Kier molecular flexibility index (Phi) is 5.79. The number of nitrogens with zero attached hydrogens (tertiary/aromatic N) is 5.